The zero-order chi connectivity index (χ0) is 12.8. The van der Waals surface area contributed by atoms with E-state index >= 15 is 0 Å². The molecule has 0 spiro atoms. The maximum absolute atomic E-state index is 6.09. The van der Waals surface area contributed by atoms with Gasteiger partial charge in [0.15, 0.2) is 0 Å². The van der Waals surface area contributed by atoms with E-state index in [-0.39, 0.29) is 0 Å². The molecule has 2 rings (SSSR count). The summed E-state index contributed by atoms with van der Waals surface area (Å²) >= 11 is 6.09. The minimum Gasteiger partial charge on any atom is -0.478 e. The van der Waals surface area contributed by atoms with Crippen molar-refractivity contribution in [2.45, 2.75) is 50.4 Å². The predicted octanol–water partition coefficient (Wildman–Crippen LogP) is 3.23. The lowest BCUT2D eigenvalue weighted by Gasteiger charge is -2.26. The van der Waals surface area contributed by atoms with E-state index in [4.69, 9.17) is 16.3 Å². The van der Waals surface area contributed by atoms with Crippen LogP contribution in [0.5, 0.6) is 5.88 Å². The Kier molecular flexibility index (Phi) is 5.05. The third-order valence-electron chi connectivity index (χ3n) is 3.10. The topological polar surface area (TPSA) is 47.0 Å². The maximum atomic E-state index is 6.09. The van der Waals surface area contributed by atoms with Gasteiger partial charge in [-0.05, 0) is 32.1 Å². The molecule has 0 atom stereocenters. The van der Waals surface area contributed by atoms with Crippen LogP contribution in [-0.2, 0) is 0 Å². The van der Waals surface area contributed by atoms with Crippen LogP contribution in [0, 0.1) is 0 Å². The quantitative estimate of drug-likeness (QED) is 0.834. The van der Waals surface area contributed by atoms with Crippen LogP contribution < -0.4 is 10.1 Å². The molecule has 1 aliphatic carbocycles. The molecule has 0 bridgehead atoms. The second-order valence-electron chi connectivity index (χ2n) is 4.68. The van der Waals surface area contributed by atoms with E-state index < -0.39 is 0 Å². The molecule has 1 aromatic rings. The number of nitrogens with one attached hydrogen (secondary N) is 1. The number of rotatable bonds is 5. The number of halogens is 1. The van der Waals surface area contributed by atoms with E-state index in [2.05, 4.69) is 22.2 Å². The maximum Gasteiger partial charge on any atom is 0.218 e. The molecule has 0 aromatic carbocycles. The summed E-state index contributed by atoms with van der Waals surface area (Å²) < 4.78 is 5.49. The molecule has 1 fully saturated rings. The minimum absolute atomic E-state index is 0.344. The standard InChI is InChI=1S/C13H20ClN3O/c1-2-7-18-13-8-12(15-9-16-13)17-11-5-3-10(14)4-6-11/h8-11H,2-7H2,1H3,(H,15,16,17). The highest BCUT2D eigenvalue weighted by Crippen LogP contribution is 2.25. The summed E-state index contributed by atoms with van der Waals surface area (Å²) in [5.41, 5.74) is 0. The Morgan fingerprint density at radius 3 is 2.83 bits per heavy atom. The van der Waals surface area contributed by atoms with Crippen LogP contribution in [0.3, 0.4) is 0 Å². The summed E-state index contributed by atoms with van der Waals surface area (Å²) in [7, 11) is 0. The monoisotopic (exact) mass is 269 g/mol. The number of alkyl halides is 1. The number of hydrogen-bond acceptors (Lipinski definition) is 4. The highest BCUT2D eigenvalue weighted by Gasteiger charge is 2.19. The third kappa shape index (κ3) is 4.02. The highest BCUT2D eigenvalue weighted by molar-refractivity contribution is 6.20. The van der Waals surface area contributed by atoms with E-state index in [1.165, 1.54) is 0 Å². The molecule has 0 saturated heterocycles. The Hall–Kier alpha value is -1.03. The number of anilines is 1. The second-order valence-corrected chi connectivity index (χ2v) is 5.30. The van der Waals surface area contributed by atoms with Crippen molar-refractivity contribution in [2.75, 3.05) is 11.9 Å². The zero-order valence-electron chi connectivity index (χ0n) is 10.7. The SMILES string of the molecule is CCCOc1cc(NC2CCC(Cl)CC2)ncn1. The second kappa shape index (κ2) is 6.78. The minimum atomic E-state index is 0.344. The van der Waals surface area contributed by atoms with Crippen LogP contribution in [0.1, 0.15) is 39.0 Å². The van der Waals surface area contributed by atoms with E-state index in [1.807, 2.05) is 6.07 Å². The first-order valence-electron chi connectivity index (χ1n) is 6.63. The summed E-state index contributed by atoms with van der Waals surface area (Å²) in [4.78, 5) is 8.31. The van der Waals surface area contributed by atoms with Crippen LogP contribution >= 0.6 is 11.6 Å². The average Bonchev–Trinajstić information content (AvgIpc) is 2.40. The first-order valence-corrected chi connectivity index (χ1v) is 7.07. The molecule has 1 heterocycles. The molecule has 18 heavy (non-hydrogen) atoms. The van der Waals surface area contributed by atoms with E-state index in [0.29, 0.717) is 23.9 Å². The van der Waals surface area contributed by atoms with Gasteiger partial charge in [0.25, 0.3) is 0 Å². The predicted molar refractivity (Wildman–Crippen MR) is 73.3 cm³/mol. The molecular weight excluding hydrogens is 250 g/mol. The molecule has 1 N–H and O–H groups in total. The van der Waals surface area contributed by atoms with Gasteiger partial charge in [-0.25, -0.2) is 9.97 Å². The molecular formula is C13H20ClN3O. The van der Waals surface area contributed by atoms with Crippen molar-refractivity contribution in [1.29, 1.82) is 0 Å². The molecule has 0 aliphatic heterocycles. The summed E-state index contributed by atoms with van der Waals surface area (Å²) in [6.07, 6.45) is 6.87. The van der Waals surface area contributed by atoms with Crippen molar-refractivity contribution < 1.29 is 4.74 Å². The first kappa shape index (κ1) is 13.4. The molecule has 5 heteroatoms. The van der Waals surface area contributed by atoms with E-state index in [1.54, 1.807) is 6.33 Å². The van der Waals surface area contributed by atoms with Crippen molar-refractivity contribution in [2.24, 2.45) is 0 Å². The number of ether oxygens (including phenoxy) is 1. The fourth-order valence-electron chi connectivity index (χ4n) is 2.11. The molecule has 100 valence electrons. The number of hydrogen-bond donors (Lipinski definition) is 1. The molecule has 0 radical (unpaired) electrons. The Morgan fingerprint density at radius 2 is 2.11 bits per heavy atom. The van der Waals surface area contributed by atoms with Crippen molar-refractivity contribution in [3.8, 4) is 5.88 Å². The van der Waals surface area contributed by atoms with Gasteiger partial charge in [0.2, 0.25) is 5.88 Å². The summed E-state index contributed by atoms with van der Waals surface area (Å²) in [6.45, 7) is 2.76. The van der Waals surface area contributed by atoms with Gasteiger partial charge in [-0.15, -0.1) is 11.6 Å². The Labute approximate surface area is 113 Å². The lowest BCUT2D eigenvalue weighted by molar-refractivity contribution is 0.305. The van der Waals surface area contributed by atoms with Crippen molar-refractivity contribution in [3.63, 3.8) is 0 Å². The average molecular weight is 270 g/mol. The summed E-state index contributed by atoms with van der Waals surface area (Å²) in [6, 6.07) is 2.33. The van der Waals surface area contributed by atoms with Gasteiger partial charge in [0.1, 0.15) is 12.1 Å². The lowest BCUT2D eigenvalue weighted by atomic mass is 9.95. The molecule has 0 amide bonds. The largest absolute Gasteiger partial charge is 0.478 e. The normalized spacial score (nSPS) is 23.7. The van der Waals surface area contributed by atoms with Crippen LogP contribution in [0.25, 0.3) is 0 Å². The van der Waals surface area contributed by atoms with Gasteiger partial charge in [0.05, 0.1) is 6.61 Å². The van der Waals surface area contributed by atoms with Gasteiger partial charge >= 0.3 is 0 Å². The van der Waals surface area contributed by atoms with Crippen LogP contribution in [0.4, 0.5) is 5.82 Å². The van der Waals surface area contributed by atoms with Crippen LogP contribution in [0.2, 0.25) is 0 Å². The molecule has 1 saturated carbocycles. The lowest BCUT2D eigenvalue weighted by Crippen LogP contribution is -2.26. The fourth-order valence-corrected chi connectivity index (χ4v) is 2.36. The summed E-state index contributed by atoms with van der Waals surface area (Å²) in [5, 5.41) is 3.77. The van der Waals surface area contributed by atoms with Gasteiger partial charge in [-0.2, -0.15) is 0 Å². The van der Waals surface area contributed by atoms with Gasteiger partial charge in [-0.1, -0.05) is 6.92 Å². The van der Waals surface area contributed by atoms with Gasteiger partial charge < -0.3 is 10.1 Å². The van der Waals surface area contributed by atoms with Crippen LogP contribution in [0.15, 0.2) is 12.4 Å². The van der Waals surface area contributed by atoms with E-state index in [9.17, 15) is 0 Å². The zero-order valence-corrected chi connectivity index (χ0v) is 11.5. The number of nitrogens with zero attached hydrogens (tertiary/aromatic N) is 2. The van der Waals surface area contributed by atoms with E-state index in [0.717, 1.165) is 37.9 Å². The Bertz CT molecular complexity index is 367. The van der Waals surface area contributed by atoms with Crippen LogP contribution in [-0.4, -0.2) is 28.0 Å². The number of aromatic nitrogens is 2. The summed E-state index contributed by atoms with van der Waals surface area (Å²) in [5.74, 6) is 1.48. The van der Waals surface area contributed by atoms with Crippen molar-refractivity contribution in [1.82, 2.24) is 9.97 Å². The molecule has 1 aromatic heterocycles. The van der Waals surface area contributed by atoms with Crippen molar-refractivity contribution in [3.05, 3.63) is 12.4 Å². The smallest absolute Gasteiger partial charge is 0.218 e. The third-order valence-corrected chi connectivity index (χ3v) is 3.54. The Morgan fingerprint density at radius 1 is 1.33 bits per heavy atom. The van der Waals surface area contributed by atoms with Gasteiger partial charge in [0, 0.05) is 17.5 Å². The Balaban J connectivity index is 1.88. The van der Waals surface area contributed by atoms with Gasteiger partial charge in [-0.3, -0.25) is 0 Å². The molecule has 1 aliphatic rings. The highest BCUT2D eigenvalue weighted by atomic mass is 35.5. The van der Waals surface area contributed by atoms with Crippen molar-refractivity contribution >= 4 is 17.4 Å². The first-order chi connectivity index (χ1) is 8.78. The molecule has 0 unspecified atom stereocenters. The fraction of sp³-hybridized carbons (Fsp3) is 0.692. The molecule has 4 nitrogen and oxygen atoms in total.